The maximum atomic E-state index is 12.2. The van der Waals surface area contributed by atoms with Crippen LogP contribution in [0.5, 0.6) is 0 Å². The Hall–Kier alpha value is -3.15. The molecule has 2 N–H and O–H groups in total. The normalized spacial score (nSPS) is 14.5. The number of carboxylic acids is 1. The number of benzene rings is 2. The first-order valence-electron chi connectivity index (χ1n) is 9.25. The number of carbonyl (C=O) groups is 3. The first-order valence-corrected chi connectivity index (χ1v) is 9.25. The van der Waals surface area contributed by atoms with Gasteiger partial charge in [-0.25, -0.2) is 0 Å². The third-order valence-electron chi connectivity index (χ3n) is 5.02. The molecular formula is C22H23NO5. The Morgan fingerprint density at radius 3 is 2.07 bits per heavy atom. The molecule has 1 amide bonds. The van der Waals surface area contributed by atoms with E-state index in [2.05, 4.69) is 17.4 Å². The second kappa shape index (κ2) is 8.25. The maximum absolute atomic E-state index is 12.2. The Kier molecular flexibility index (Phi) is 5.78. The SMILES string of the molecule is C[C@H](CC(=O)OCC1c2ccccc2-c2ccccc21)C(=O)N[C@H](C)C(=O)O. The molecule has 0 spiro atoms. The number of carboxylic acid groups (broad SMARTS) is 1. The van der Waals surface area contributed by atoms with E-state index in [1.54, 1.807) is 6.92 Å². The molecule has 0 unspecified atom stereocenters. The van der Waals surface area contributed by atoms with Crippen molar-refractivity contribution >= 4 is 17.8 Å². The molecule has 0 saturated heterocycles. The summed E-state index contributed by atoms with van der Waals surface area (Å²) in [5.41, 5.74) is 4.54. The van der Waals surface area contributed by atoms with Gasteiger partial charge >= 0.3 is 11.9 Å². The van der Waals surface area contributed by atoms with Crippen molar-refractivity contribution in [1.82, 2.24) is 5.32 Å². The van der Waals surface area contributed by atoms with E-state index in [9.17, 15) is 14.4 Å². The summed E-state index contributed by atoms with van der Waals surface area (Å²) in [5.74, 6) is -2.79. The lowest BCUT2D eigenvalue weighted by Gasteiger charge is -2.16. The molecule has 0 saturated carbocycles. The molecule has 0 heterocycles. The van der Waals surface area contributed by atoms with Crippen molar-refractivity contribution in [3.8, 4) is 11.1 Å². The van der Waals surface area contributed by atoms with Crippen molar-refractivity contribution in [2.45, 2.75) is 32.2 Å². The van der Waals surface area contributed by atoms with Crippen LogP contribution in [-0.2, 0) is 19.1 Å². The predicted molar refractivity (Wildman–Crippen MR) is 104 cm³/mol. The minimum Gasteiger partial charge on any atom is -0.480 e. The summed E-state index contributed by atoms with van der Waals surface area (Å²) in [6, 6.07) is 15.1. The highest BCUT2D eigenvalue weighted by Crippen LogP contribution is 2.44. The topological polar surface area (TPSA) is 92.7 Å². The quantitative estimate of drug-likeness (QED) is 0.720. The van der Waals surface area contributed by atoms with Crippen LogP contribution < -0.4 is 5.32 Å². The van der Waals surface area contributed by atoms with Gasteiger partial charge in [-0.3, -0.25) is 14.4 Å². The van der Waals surface area contributed by atoms with Crippen molar-refractivity contribution in [3.05, 3.63) is 59.7 Å². The highest BCUT2D eigenvalue weighted by Gasteiger charge is 2.29. The lowest BCUT2D eigenvalue weighted by Crippen LogP contribution is -2.41. The molecule has 0 radical (unpaired) electrons. The lowest BCUT2D eigenvalue weighted by atomic mass is 9.98. The van der Waals surface area contributed by atoms with E-state index in [1.165, 1.54) is 6.92 Å². The van der Waals surface area contributed by atoms with Crippen LogP contribution in [0.2, 0.25) is 0 Å². The van der Waals surface area contributed by atoms with Gasteiger partial charge in [0.1, 0.15) is 12.6 Å². The fourth-order valence-electron chi connectivity index (χ4n) is 3.43. The minimum atomic E-state index is -1.12. The number of ether oxygens (including phenoxy) is 1. The summed E-state index contributed by atoms with van der Waals surface area (Å²) in [7, 11) is 0. The van der Waals surface area contributed by atoms with E-state index >= 15 is 0 Å². The van der Waals surface area contributed by atoms with Crippen molar-refractivity contribution in [3.63, 3.8) is 0 Å². The Bertz CT molecular complexity index is 862. The molecule has 0 aliphatic heterocycles. The fraction of sp³-hybridized carbons (Fsp3) is 0.318. The molecule has 0 aromatic heterocycles. The maximum Gasteiger partial charge on any atom is 0.325 e. The molecule has 2 aromatic carbocycles. The van der Waals surface area contributed by atoms with Crippen LogP contribution in [0.3, 0.4) is 0 Å². The number of nitrogens with one attached hydrogen (secondary N) is 1. The van der Waals surface area contributed by atoms with E-state index in [1.807, 2.05) is 36.4 Å². The van der Waals surface area contributed by atoms with E-state index in [-0.39, 0.29) is 18.9 Å². The molecule has 3 rings (SSSR count). The van der Waals surface area contributed by atoms with Crippen molar-refractivity contribution in [2.24, 2.45) is 5.92 Å². The molecule has 28 heavy (non-hydrogen) atoms. The molecule has 0 bridgehead atoms. The number of rotatable bonds is 7. The number of fused-ring (bicyclic) bond motifs is 3. The third-order valence-corrected chi connectivity index (χ3v) is 5.02. The van der Waals surface area contributed by atoms with Crippen LogP contribution in [0, 0.1) is 5.92 Å². The van der Waals surface area contributed by atoms with Crippen LogP contribution in [0.1, 0.15) is 37.3 Å². The highest BCUT2D eigenvalue weighted by atomic mass is 16.5. The predicted octanol–water partition coefficient (Wildman–Crippen LogP) is 2.96. The summed E-state index contributed by atoms with van der Waals surface area (Å²) in [6.07, 6.45) is -0.103. The van der Waals surface area contributed by atoms with Gasteiger partial charge in [-0.2, -0.15) is 0 Å². The van der Waals surface area contributed by atoms with Gasteiger partial charge in [-0.15, -0.1) is 0 Å². The largest absolute Gasteiger partial charge is 0.480 e. The second-order valence-electron chi connectivity index (χ2n) is 7.08. The Morgan fingerprint density at radius 2 is 1.54 bits per heavy atom. The summed E-state index contributed by atoms with van der Waals surface area (Å²) >= 11 is 0. The standard InChI is InChI=1S/C22H23NO5/c1-13(21(25)23-14(2)22(26)27)11-20(24)28-12-19-17-9-5-3-7-15(17)16-8-4-6-10-18(16)19/h3-10,13-14,19H,11-12H2,1-2H3,(H,23,25)(H,26,27)/t13-,14-/m1/s1. The molecule has 2 aromatic rings. The monoisotopic (exact) mass is 381 g/mol. The zero-order valence-electron chi connectivity index (χ0n) is 15.8. The Balaban J connectivity index is 1.61. The average molecular weight is 381 g/mol. The van der Waals surface area contributed by atoms with Crippen LogP contribution >= 0.6 is 0 Å². The average Bonchev–Trinajstić information content (AvgIpc) is 3.00. The summed E-state index contributed by atoms with van der Waals surface area (Å²) < 4.78 is 5.48. The number of amides is 1. The van der Waals surface area contributed by atoms with Gasteiger partial charge in [-0.1, -0.05) is 55.5 Å². The van der Waals surface area contributed by atoms with Gasteiger partial charge in [0.05, 0.1) is 6.42 Å². The van der Waals surface area contributed by atoms with E-state index in [0.29, 0.717) is 0 Å². The number of hydrogen-bond donors (Lipinski definition) is 2. The van der Waals surface area contributed by atoms with Gasteiger partial charge in [-0.05, 0) is 29.2 Å². The molecule has 1 aliphatic carbocycles. The van der Waals surface area contributed by atoms with Crippen LogP contribution in [-0.4, -0.2) is 35.6 Å². The van der Waals surface area contributed by atoms with E-state index in [0.717, 1.165) is 22.3 Å². The molecule has 2 atom stereocenters. The molecular weight excluding hydrogens is 358 g/mol. The third kappa shape index (κ3) is 4.06. The van der Waals surface area contributed by atoms with Gasteiger partial charge in [0.2, 0.25) is 5.91 Å². The number of esters is 1. The Morgan fingerprint density at radius 1 is 1.00 bits per heavy atom. The first kappa shape index (κ1) is 19.6. The van der Waals surface area contributed by atoms with Gasteiger partial charge in [0, 0.05) is 11.8 Å². The smallest absolute Gasteiger partial charge is 0.325 e. The van der Waals surface area contributed by atoms with Crippen molar-refractivity contribution in [2.75, 3.05) is 6.61 Å². The summed E-state index contributed by atoms with van der Waals surface area (Å²) in [5, 5.41) is 11.2. The fourth-order valence-corrected chi connectivity index (χ4v) is 3.43. The van der Waals surface area contributed by atoms with Gasteiger partial charge in [0.15, 0.2) is 0 Å². The first-order chi connectivity index (χ1) is 13.4. The van der Waals surface area contributed by atoms with Crippen molar-refractivity contribution in [1.29, 1.82) is 0 Å². The second-order valence-corrected chi connectivity index (χ2v) is 7.08. The molecule has 6 heteroatoms. The van der Waals surface area contributed by atoms with Crippen LogP contribution in [0.15, 0.2) is 48.5 Å². The van der Waals surface area contributed by atoms with Gasteiger partial charge < -0.3 is 15.2 Å². The minimum absolute atomic E-state index is 0.0347. The molecule has 1 aliphatic rings. The summed E-state index contributed by atoms with van der Waals surface area (Å²) in [4.78, 5) is 35.1. The Labute approximate surface area is 163 Å². The highest BCUT2D eigenvalue weighted by molar-refractivity contribution is 5.87. The molecule has 6 nitrogen and oxygen atoms in total. The van der Waals surface area contributed by atoms with Gasteiger partial charge in [0.25, 0.3) is 0 Å². The zero-order chi connectivity index (χ0) is 20.3. The molecule has 146 valence electrons. The van der Waals surface area contributed by atoms with E-state index < -0.39 is 29.8 Å². The van der Waals surface area contributed by atoms with Crippen LogP contribution in [0.25, 0.3) is 11.1 Å². The van der Waals surface area contributed by atoms with Crippen molar-refractivity contribution < 1.29 is 24.2 Å². The number of aliphatic carboxylic acids is 1. The zero-order valence-corrected chi connectivity index (χ0v) is 15.8. The molecule has 0 fully saturated rings. The summed E-state index contributed by atoms with van der Waals surface area (Å²) in [6.45, 7) is 3.15. The number of hydrogen-bond acceptors (Lipinski definition) is 4. The van der Waals surface area contributed by atoms with E-state index in [4.69, 9.17) is 9.84 Å². The van der Waals surface area contributed by atoms with Crippen LogP contribution in [0.4, 0.5) is 0 Å². The number of carbonyl (C=O) groups excluding carboxylic acids is 2. The lowest BCUT2D eigenvalue weighted by molar-refractivity contribution is -0.147.